The maximum Gasteiger partial charge on any atom is 0.261 e. The van der Waals surface area contributed by atoms with E-state index >= 15 is 0 Å². The summed E-state index contributed by atoms with van der Waals surface area (Å²) in [7, 11) is -3.69. The van der Waals surface area contributed by atoms with Gasteiger partial charge in [0.2, 0.25) is 5.91 Å². The molecule has 2 aromatic carbocycles. The van der Waals surface area contributed by atoms with E-state index in [9.17, 15) is 13.2 Å². The number of nitrogens with one attached hydrogen (secondary N) is 2. The van der Waals surface area contributed by atoms with Crippen molar-refractivity contribution < 1.29 is 17.9 Å². The first-order valence-electron chi connectivity index (χ1n) is 8.78. The quantitative estimate of drug-likeness (QED) is 0.658. The van der Waals surface area contributed by atoms with Crippen molar-refractivity contribution in [2.45, 2.75) is 23.8 Å². The van der Waals surface area contributed by atoms with E-state index < -0.39 is 16.1 Å². The molecule has 3 rings (SSSR count). The van der Waals surface area contributed by atoms with Gasteiger partial charge in [0.05, 0.1) is 16.6 Å². The molecule has 2 aromatic rings. The van der Waals surface area contributed by atoms with E-state index in [2.05, 4.69) is 10.0 Å². The average molecular weight is 426 g/mol. The van der Waals surface area contributed by atoms with E-state index in [1.807, 2.05) is 0 Å². The Hall–Kier alpha value is -2.13. The van der Waals surface area contributed by atoms with Crippen LogP contribution in [-0.2, 0) is 19.6 Å². The van der Waals surface area contributed by atoms with Crippen LogP contribution in [0.4, 0.5) is 11.4 Å². The molecular weight excluding hydrogens is 402 g/mol. The minimum Gasteiger partial charge on any atom is -0.381 e. The summed E-state index contributed by atoms with van der Waals surface area (Å²) in [5.41, 5.74) is 6.92. The number of nitrogens with two attached hydrogens (primary N) is 1. The van der Waals surface area contributed by atoms with Crippen molar-refractivity contribution in [3.05, 3.63) is 54.6 Å². The third-order valence-corrected chi connectivity index (χ3v) is 5.91. The van der Waals surface area contributed by atoms with Crippen LogP contribution in [0.25, 0.3) is 0 Å². The molecule has 0 aliphatic carbocycles. The molecule has 7 nitrogen and oxygen atoms in total. The number of hydrogen-bond donors (Lipinski definition) is 3. The summed E-state index contributed by atoms with van der Waals surface area (Å²) in [6, 6.07) is 14.0. The Labute approximate surface area is 171 Å². The van der Waals surface area contributed by atoms with Crippen LogP contribution in [0.5, 0.6) is 0 Å². The zero-order chi connectivity index (χ0) is 19.3. The molecular formula is C19H24ClN3O4S. The van der Waals surface area contributed by atoms with Crippen LogP contribution >= 0.6 is 12.4 Å². The van der Waals surface area contributed by atoms with Gasteiger partial charge in [0.15, 0.2) is 0 Å². The summed E-state index contributed by atoms with van der Waals surface area (Å²) in [5.74, 6) is -0.205. The Morgan fingerprint density at radius 2 is 1.68 bits per heavy atom. The molecule has 4 N–H and O–H groups in total. The fraction of sp³-hybridized carbons (Fsp3) is 0.316. The molecule has 1 aliphatic heterocycles. The Morgan fingerprint density at radius 1 is 1.04 bits per heavy atom. The maximum absolute atomic E-state index is 12.4. The molecule has 0 bridgehead atoms. The van der Waals surface area contributed by atoms with Gasteiger partial charge < -0.3 is 15.8 Å². The molecule has 1 amide bonds. The highest BCUT2D eigenvalue weighted by Gasteiger charge is 2.26. The number of hydrogen-bond acceptors (Lipinski definition) is 5. The first-order valence-corrected chi connectivity index (χ1v) is 10.3. The van der Waals surface area contributed by atoms with E-state index in [1.54, 1.807) is 42.5 Å². The van der Waals surface area contributed by atoms with Crippen molar-refractivity contribution in [2.24, 2.45) is 11.7 Å². The van der Waals surface area contributed by atoms with E-state index in [-0.39, 0.29) is 29.1 Å². The molecule has 0 radical (unpaired) electrons. The van der Waals surface area contributed by atoms with Crippen molar-refractivity contribution in [1.29, 1.82) is 0 Å². The minimum absolute atomic E-state index is 0. The fourth-order valence-corrected chi connectivity index (χ4v) is 4.06. The molecule has 0 aromatic heterocycles. The standard InChI is InChI=1S/C19H23N3O4S.ClH/c20-18(14-9-11-26-12-10-14)19(23)21-15-5-4-6-16(13-15)22-27(24,25)17-7-2-1-3-8-17;/h1-8,13-14,18,22H,9-12,20H2,(H,21,23);1H. The SMILES string of the molecule is Cl.NC(C(=O)Nc1cccc(NS(=O)(=O)c2ccccc2)c1)C1CCOCC1. The number of carbonyl (C=O) groups excluding carboxylic acids is 1. The van der Waals surface area contributed by atoms with Crippen LogP contribution < -0.4 is 15.8 Å². The lowest BCUT2D eigenvalue weighted by molar-refractivity contribution is -0.119. The number of benzene rings is 2. The van der Waals surface area contributed by atoms with E-state index in [0.29, 0.717) is 24.6 Å². The Kier molecular flexibility index (Phi) is 7.82. The van der Waals surface area contributed by atoms with Crippen LogP contribution in [0.3, 0.4) is 0 Å². The Bertz CT molecular complexity index is 887. The first-order chi connectivity index (χ1) is 13.0. The molecule has 1 unspecified atom stereocenters. The molecule has 28 heavy (non-hydrogen) atoms. The number of anilines is 2. The van der Waals surface area contributed by atoms with Crippen molar-refractivity contribution in [1.82, 2.24) is 0 Å². The third-order valence-electron chi connectivity index (χ3n) is 4.51. The van der Waals surface area contributed by atoms with E-state index in [4.69, 9.17) is 10.5 Å². The number of rotatable bonds is 6. The van der Waals surface area contributed by atoms with Crippen LogP contribution in [0.1, 0.15) is 12.8 Å². The van der Waals surface area contributed by atoms with Gasteiger partial charge >= 0.3 is 0 Å². The zero-order valence-corrected chi connectivity index (χ0v) is 16.8. The second-order valence-electron chi connectivity index (χ2n) is 6.46. The zero-order valence-electron chi connectivity index (χ0n) is 15.2. The summed E-state index contributed by atoms with van der Waals surface area (Å²) >= 11 is 0. The van der Waals surface area contributed by atoms with Crippen LogP contribution in [0, 0.1) is 5.92 Å². The number of ether oxygens (including phenoxy) is 1. The van der Waals surface area contributed by atoms with Crippen LogP contribution in [0.2, 0.25) is 0 Å². The number of carbonyl (C=O) groups is 1. The molecule has 1 heterocycles. The van der Waals surface area contributed by atoms with Crippen molar-refractivity contribution in [3.63, 3.8) is 0 Å². The van der Waals surface area contributed by atoms with Gasteiger partial charge in [0, 0.05) is 18.9 Å². The predicted octanol–water partition coefficient (Wildman–Crippen LogP) is 2.60. The normalized spacial score (nSPS) is 15.9. The monoisotopic (exact) mass is 425 g/mol. The minimum atomic E-state index is -3.69. The Morgan fingerprint density at radius 3 is 2.36 bits per heavy atom. The molecule has 152 valence electrons. The van der Waals surface area contributed by atoms with Crippen molar-refractivity contribution >= 4 is 39.7 Å². The van der Waals surface area contributed by atoms with Crippen LogP contribution in [-0.4, -0.2) is 33.6 Å². The fourth-order valence-electron chi connectivity index (χ4n) is 2.99. The molecule has 9 heteroatoms. The van der Waals surface area contributed by atoms with Crippen molar-refractivity contribution in [2.75, 3.05) is 23.3 Å². The summed E-state index contributed by atoms with van der Waals surface area (Å²) in [6.45, 7) is 1.23. The van der Waals surface area contributed by atoms with Gasteiger partial charge in [-0.2, -0.15) is 0 Å². The first kappa shape index (κ1) is 22.2. The Balaban J connectivity index is 0.00000280. The van der Waals surface area contributed by atoms with Gasteiger partial charge in [-0.05, 0) is 49.1 Å². The molecule has 1 fully saturated rings. The van der Waals surface area contributed by atoms with Gasteiger partial charge in [0.25, 0.3) is 10.0 Å². The molecule has 0 spiro atoms. The second kappa shape index (κ2) is 9.88. The van der Waals surface area contributed by atoms with Gasteiger partial charge in [-0.25, -0.2) is 8.42 Å². The van der Waals surface area contributed by atoms with Crippen molar-refractivity contribution in [3.8, 4) is 0 Å². The highest BCUT2D eigenvalue weighted by molar-refractivity contribution is 7.92. The third kappa shape index (κ3) is 5.68. The number of amides is 1. The lowest BCUT2D eigenvalue weighted by Crippen LogP contribution is -2.44. The summed E-state index contributed by atoms with van der Waals surface area (Å²) in [4.78, 5) is 12.6. The van der Waals surface area contributed by atoms with Crippen LogP contribution in [0.15, 0.2) is 59.5 Å². The second-order valence-corrected chi connectivity index (χ2v) is 8.15. The highest BCUT2D eigenvalue weighted by Crippen LogP contribution is 2.22. The van der Waals surface area contributed by atoms with Gasteiger partial charge in [-0.1, -0.05) is 24.3 Å². The molecule has 1 saturated heterocycles. The van der Waals surface area contributed by atoms with Gasteiger partial charge in [-0.3, -0.25) is 9.52 Å². The predicted molar refractivity (Wildman–Crippen MR) is 111 cm³/mol. The summed E-state index contributed by atoms with van der Waals surface area (Å²) in [6.07, 6.45) is 1.51. The van der Waals surface area contributed by atoms with E-state index in [0.717, 1.165) is 12.8 Å². The lowest BCUT2D eigenvalue weighted by atomic mass is 9.92. The van der Waals surface area contributed by atoms with E-state index in [1.165, 1.54) is 12.1 Å². The number of sulfonamides is 1. The average Bonchev–Trinajstić information content (AvgIpc) is 2.68. The molecule has 0 saturated carbocycles. The molecule has 1 atom stereocenters. The van der Waals surface area contributed by atoms with Gasteiger partial charge in [0.1, 0.15) is 0 Å². The topological polar surface area (TPSA) is 111 Å². The smallest absolute Gasteiger partial charge is 0.261 e. The summed E-state index contributed by atoms with van der Waals surface area (Å²) in [5, 5.41) is 2.77. The number of halogens is 1. The lowest BCUT2D eigenvalue weighted by Gasteiger charge is -2.26. The highest BCUT2D eigenvalue weighted by atomic mass is 35.5. The largest absolute Gasteiger partial charge is 0.381 e. The summed E-state index contributed by atoms with van der Waals surface area (Å²) < 4.78 is 32.6. The molecule has 1 aliphatic rings. The maximum atomic E-state index is 12.4. The van der Waals surface area contributed by atoms with Gasteiger partial charge in [-0.15, -0.1) is 12.4 Å².